The van der Waals surface area contributed by atoms with Gasteiger partial charge in [-0.05, 0) is 18.9 Å². The largest absolute Gasteiger partial charge is 0.487 e. The molecule has 0 aromatic carbocycles. The number of nitrogens with two attached hydrogens (primary N) is 1. The summed E-state index contributed by atoms with van der Waals surface area (Å²) in [7, 11) is 1.57. The molecule has 0 bridgehead atoms. The van der Waals surface area contributed by atoms with Gasteiger partial charge in [0.1, 0.15) is 0 Å². The van der Waals surface area contributed by atoms with E-state index in [1.807, 2.05) is 0 Å². The standard InChI is InChI=1S/C10H13N3O2/c1-12-10(14)6-4-8(9(11)13-5-6)15-7-2-3-7/h4-5,7H,2-3H2,1H3,(H2,11,13)(H,12,14). The van der Waals surface area contributed by atoms with E-state index in [2.05, 4.69) is 10.3 Å². The fourth-order valence-corrected chi connectivity index (χ4v) is 1.18. The zero-order valence-electron chi connectivity index (χ0n) is 8.49. The van der Waals surface area contributed by atoms with Crippen LogP contribution in [0.4, 0.5) is 5.82 Å². The molecule has 1 aromatic heterocycles. The molecule has 0 spiro atoms. The van der Waals surface area contributed by atoms with Gasteiger partial charge in [-0.1, -0.05) is 0 Å². The first-order valence-electron chi connectivity index (χ1n) is 4.85. The van der Waals surface area contributed by atoms with Gasteiger partial charge in [-0.2, -0.15) is 0 Å². The molecule has 0 aliphatic heterocycles. The summed E-state index contributed by atoms with van der Waals surface area (Å²) in [6.07, 6.45) is 3.77. The molecule has 15 heavy (non-hydrogen) atoms. The first-order valence-corrected chi connectivity index (χ1v) is 4.85. The molecular formula is C10H13N3O2. The normalized spacial score (nSPS) is 14.7. The Hall–Kier alpha value is -1.78. The Morgan fingerprint density at radius 1 is 1.67 bits per heavy atom. The fourth-order valence-electron chi connectivity index (χ4n) is 1.18. The van der Waals surface area contributed by atoms with Gasteiger partial charge in [0.25, 0.3) is 5.91 Å². The van der Waals surface area contributed by atoms with Crippen molar-refractivity contribution >= 4 is 11.7 Å². The van der Waals surface area contributed by atoms with Crippen molar-refractivity contribution in [3.05, 3.63) is 17.8 Å². The highest BCUT2D eigenvalue weighted by Crippen LogP contribution is 2.29. The van der Waals surface area contributed by atoms with Crippen molar-refractivity contribution in [2.24, 2.45) is 0 Å². The quantitative estimate of drug-likeness (QED) is 0.759. The molecule has 1 aliphatic rings. The number of hydrogen-bond donors (Lipinski definition) is 2. The van der Waals surface area contributed by atoms with Gasteiger partial charge in [-0.15, -0.1) is 0 Å². The van der Waals surface area contributed by atoms with E-state index in [1.165, 1.54) is 6.20 Å². The highest BCUT2D eigenvalue weighted by atomic mass is 16.5. The molecule has 5 heteroatoms. The number of pyridine rings is 1. The first kappa shape index (κ1) is 9.76. The second kappa shape index (κ2) is 3.76. The van der Waals surface area contributed by atoms with Gasteiger partial charge in [0.15, 0.2) is 11.6 Å². The Kier molecular flexibility index (Phi) is 2.45. The second-order valence-corrected chi connectivity index (χ2v) is 3.50. The van der Waals surface area contributed by atoms with Gasteiger partial charge in [-0.3, -0.25) is 4.79 Å². The summed E-state index contributed by atoms with van der Waals surface area (Å²) >= 11 is 0. The minimum absolute atomic E-state index is 0.192. The van der Waals surface area contributed by atoms with Crippen LogP contribution < -0.4 is 15.8 Å². The number of aromatic nitrogens is 1. The van der Waals surface area contributed by atoms with Crippen LogP contribution in [0.1, 0.15) is 23.2 Å². The first-order chi connectivity index (χ1) is 7.20. The predicted molar refractivity (Wildman–Crippen MR) is 55.7 cm³/mol. The molecule has 2 rings (SSSR count). The maximum absolute atomic E-state index is 11.3. The van der Waals surface area contributed by atoms with Crippen LogP contribution in [0.5, 0.6) is 5.75 Å². The van der Waals surface area contributed by atoms with E-state index in [0.29, 0.717) is 17.1 Å². The molecule has 3 N–H and O–H groups in total. The smallest absolute Gasteiger partial charge is 0.252 e. The summed E-state index contributed by atoms with van der Waals surface area (Å²) in [4.78, 5) is 15.3. The molecule has 1 heterocycles. The number of ether oxygens (including phenoxy) is 1. The molecule has 5 nitrogen and oxygen atoms in total. The summed E-state index contributed by atoms with van der Waals surface area (Å²) in [6, 6.07) is 1.62. The minimum Gasteiger partial charge on any atom is -0.487 e. The maximum Gasteiger partial charge on any atom is 0.252 e. The van der Waals surface area contributed by atoms with Crippen molar-refractivity contribution in [3.8, 4) is 5.75 Å². The molecule has 0 saturated heterocycles. The van der Waals surface area contributed by atoms with Crippen molar-refractivity contribution in [2.75, 3.05) is 12.8 Å². The third-order valence-electron chi connectivity index (χ3n) is 2.19. The van der Waals surface area contributed by atoms with E-state index < -0.39 is 0 Å². The van der Waals surface area contributed by atoms with Gasteiger partial charge in [0.05, 0.1) is 11.7 Å². The molecule has 80 valence electrons. The van der Waals surface area contributed by atoms with Crippen LogP contribution in [-0.2, 0) is 0 Å². The zero-order valence-corrected chi connectivity index (χ0v) is 8.49. The third-order valence-corrected chi connectivity index (χ3v) is 2.19. The molecular weight excluding hydrogens is 194 g/mol. The predicted octanol–water partition coefficient (Wildman–Crippen LogP) is 0.565. The average Bonchev–Trinajstić information content (AvgIpc) is 3.04. The van der Waals surface area contributed by atoms with Gasteiger partial charge in [0.2, 0.25) is 0 Å². The number of amides is 1. The Bertz CT molecular complexity index is 388. The summed E-state index contributed by atoms with van der Waals surface area (Å²) in [6.45, 7) is 0. The van der Waals surface area contributed by atoms with E-state index in [9.17, 15) is 4.79 Å². The SMILES string of the molecule is CNC(=O)c1cnc(N)c(OC2CC2)c1. The topological polar surface area (TPSA) is 77.2 Å². The number of nitrogen functional groups attached to an aromatic ring is 1. The van der Waals surface area contributed by atoms with Crippen LogP contribution in [0.2, 0.25) is 0 Å². The number of rotatable bonds is 3. The van der Waals surface area contributed by atoms with E-state index in [-0.39, 0.29) is 12.0 Å². The number of nitrogens with zero attached hydrogens (tertiary/aromatic N) is 1. The summed E-state index contributed by atoms with van der Waals surface area (Å²) in [5.74, 6) is 0.635. The molecule has 1 amide bonds. The fraction of sp³-hybridized carbons (Fsp3) is 0.400. The Balaban J connectivity index is 2.22. The van der Waals surface area contributed by atoms with Gasteiger partial charge < -0.3 is 15.8 Å². The van der Waals surface area contributed by atoms with Crippen molar-refractivity contribution in [1.82, 2.24) is 10.3 Å². The van der Waals surface area contributed by atoms with Crippen molar-refractivity contribution in [3.63, 3.8) is 0 Å². The van der Waals surface area contributed by atoms with E-state index in [1.54, 1.807) is 13.1 Å². The third kappa shape index (κ3) is 2.18. The average molecular weight is 207 g/mol. The minimum atomic E-state index is -0.192. The summed E-state index contributed by atoms with van der Waals surface area (Å²) < 4.78 is 5.52. The lowest BCUT2D eigenvalue weighted by Gasteiger charge is -2.08. The summed E-state index contributed by atoms with van der Waals surface area (Å²) in [5, 5.41) is 2.52. The van der Waals surface area contributed by atoms with Gasteiger partial charge in [0, 0.05) is 13.2 Å². The molecule has 1 aliphatic carbocycles. The van der Waals surface area contributed by atoms with Crippen molar-refractivity contribution < 1.29 is 9.53 Å². The molecule has 0 unspecified atom stereocenters. The lowest BCUT2D eigenvalue weighted by molar-refractivity contribution is 0.0962. The summed E-state index contributed by atoms with van der Waals surface area (Å²) in [5.41, 5.74) is 6.10. The molecule has 0 radical (unpaired) electrons. The monoisotopic (exact) mass is 207 g/mol. The van der Waals surface area contributed by atoms with E-state index in [0.717, 1.165) is 12.8 Å². The van der Waals surface area contributed by atoms with Crippen molar-refractivity contribution in [1.29, 1.82) is 0 Å². The van der Waals surface area contributed by atoms with Gasteiger partial charge >= 0.3 is 0 Å². The number of carbonyl (C=O) groups is 1. The van der Waals surface area contributed by atoms with E-state index in [4.69, 9.17) is 10.5 Å². The highest BCUT2D eigenvalue weighted by molar-refractivity contribution is 5.94. The Labute approximate surface area is 87.6 Å². The molecule has 1 saturated carbocycles. The van der Waals surface area contributed by atoms with Gasteiger partial charge in [-0.25, -0.2) is 4.98 Å². The van der Waals surface area contributed by atoms with Crippen LogP contribution in [0, 0.1) is 0 Å². The second-order valence-electron chi connectivity index (χ2n) is 3.50. The van der Waals surface area contributed by atoms with Crippen LogP contribution in [0.25, 0.3) is 0 Å². The Morgan fingerprint density at radius 3 is 3.00 bits per heavy atom. The van der Waals surface area contributed by atoms with E-state index >= 15 is 0 Å². The van der Waals surface area contributed by atoms with Crippen LogP contribution in [0.15, 0.2) is 12.3 Å². The maximum atomic E-state index is 11.3. The number of nitrogens with one attached hydrogen (secondary N) is 1. The molecule has 1 fully saturated rings. The lowest BCUT2D eigenvalue weighted by atomic mass is 10.2. The Morgan fingerprint density at radius 2 is 2.40 bits per heavy atom. The lowest BCUT2D eigenvalue weighted by Crippen LogP contribution is -2.18. The zero-order chi connectivity index (χ0) is 10.8. The van der Waals surface area contributed by atoms with Crippen molar-refractivity contribution in [2.45, 2.75) is 18.9 Å². The van der Waals surface area contributed by atoms with Crippen LogP contribution >= 0.6 is 0 Å². The molecule has 1 aromatic rings. The number of carbonyl (C=O) groups excluding carboxylic acids is 1. The van der Waals surface area contributed by atoms with Crippen LogP contribution in [-0.4, -0.2) is 24.0 Å². The molecule has 0 atom stereocenters. The van der Waals surface area contributed by atoms with Crippen LogP contribution in [0.3, 0.4) is 0 Å². The number of anilines is 1. The number of hydrogen-bond acceptors (Lipinski definition) is 4. The highest BCUT2D eigenvalue weighted by Gasteiger charge is 2.25.